The van der Waals surface area contributed by atoms with Crippen LogP contribution in [0.15, 0.2) is 23.1 Å². The molecular weight excluding hydrogens is 232 g/mol. The largest absolute Gasteiger partial charge is 0.465 e. The average molecular weight is 248 g/mol. The molecule has 6 nitrogen and oxygen atoms in total. The third-order valence-electron chi connectivity index (χ3n) is 2.91. The monoisotopic (exact) mass is 248 g/mol. The smallest absolute Gasteiger partial charge is 0.335 e. The summed E-state index contributed by atoms with van der Waals surface area (Å²) in [6.45, 7) is 1.19. The van der Waals surface area contributed by atoms with Crippen LogP contribution in [-0.4, -0.2) is 20.8 Å². The van der Waals surface area contributed by atoms with Crippen molar-refractivity contribution >= 4 is 0 Å². The number of nitrogens with one attached hydrogen (secondary N) is 1. The second kappa shape index (κ2) is 4.81. The van der Waals surface area contributed by atoms with Crippen molar-refractivity contribution in [2.24, 2.45) is 7.05 Å². The lowest BCUT2D eigenvalue weighted by atomic mass is 10.2. The molecule has 0 aliphatic heterocycles. The first-order chi connectivity index (χ1) is 8.81. The minimum atomic E-state index is 0.360. The third-order valence-corrected chi connectivity index (χ3v) is 2.91. The topological polar surface area (TPSA) is 65.1 Å². The number of aryl methyl sites for hydroxylation is 1. The number of nitrogens with zero attached hydrogens (tertiary/aromatic N) is 3. The fourth-order valence-corrected chi connectivity index (χ4v) is 1.71. The summed E-state index contributed by atoms with van der Waals surface area (Å²) >= 11 is 0. The van der Waals surface area contributed by atoms with Crippen LogP contribution in [0.3, 0.4) is 0 Å². The highest BCUT2D eigenvalue weighted by atomic mass is 16.5. The van der Waals surface area contributed by atoms with E-state index in [1.165, 1.54) is 12.8 Å². The maximum Gasteiger partial charge on any atom is 0.335 e. The number of furan rings is 1. The van der Waals surface area contributed by atoms with E-state index in [1.54, 1.807) is 24.3 Å². The zero-order chi connectivity index (χ0) is 12.4. The highest BCUT2D eigenvalue weighted by molar-refractivity contribution is 5.17. The van der Waals surface area contributed by atoms with Crippen molar-refractivity contribution in [2.75, 3.05) is 0 Å². The van der Waals surface area contributed by atoms with Gasteiger partial charge in [0.2, 0.25) is 0 Å². The van der Waals surface area contributed by atoms with Gasteiger partial charge in [0, 0.05) is 25.2 Å². The molecule has 0 unspecified atom stereocenters. The first kappa shape index (κ1) is 11.3. The molecule has 0 amide bonds. The summed E-state index contributed by atoms with van der Waals surface area (Å²) in [5.41, 5.74) is 1.14. The summed E-state index contributed by atoms with van der Waals surface area (Å²) in [6.07, 6.45) is 5.85. The van der Waals surface area contributed by atoms with Gasteiger partial charge in [0.1, 0.15) is 18.7 Å². The molecule has 1 saturated carbocycles. The first-order valence-corrected chi connectivity index (χ1v) is 6.08. The van der Waals surface area contributed by atoms with Crippen LogP contribution in [0.5, 0.6) is 6.01 Å². The summed E-state index contributed by atoms with van der Waals surface area (Å²) in [5.74, 6) is 0.829. The number of rotatable bonds is 6. The van der Waals surface area contributed by atoms with E-state index in [4.69, 9.17) is 9.15 Å². The molecule has 0 atom stereocenters. The zero-order valence-electron chi connectivity index (χ0n) is 10.3. The Labute approximate surface area is 105 Å². The summed E-state index contributed by atoms with van der Waals surface area (Å²) < 4.78 is 12.5. The highest BCUT2D eigenvalue weighted by Gasteiger charge is 2.21. The Balaban J connectivity index is 1.56. The van der Waals surface area contributed by atoms with E-state index in [2.05, 4.69) is 15.4 Å². The quantitative estimate of drug-likeness (QED) is 0.833. The zero-order valence-corrected chi connectivity index (χ0v) is 10.3. The molecular formula is C12H16N4O2. The molecule has 0 aromatic carbocycles. The van der Waals surface area contributed by atoms with Crippen molar-refractivity contribution in [3.8, 4) is 6.01 Å². The van der Waals surface area contributed by atoms with E-state index < -0.39 is 0 Å². The van der Waals surface area contributed by atoms with Crippen LogP contribution in [0.2, 0.25) is 0 Å². The Hall–Kier alpha value is -1.82. The first-order valence-electron chi connectivity index (χ1n) is 6.08. The average Bonchev–Trinajstić information content (AvgIpc) is 2.93. The molecule has 2 aromatic rings. The highest BCUT2D eigenvalue weighted by Crippen LogP contribution is 2.20. The van der Waals surface area contributed by atoms with Crippen LogP contribution >= 0.6 is 0 Å². The van der Waals surface area contributed by atoms with Gasteiger partial charge in [-0.1, -0.05) is 0 Å². The molecule has 2 aromatic heterocycles. The van der Waals surface area contributed by atoms with Crippen molar-refractivity contribution in [3.05, 3.63) is 30.0 Å². The van der Waals surface area contributed by atoms with Gasteiger partial charge < -0.3 is 14.5 Å². The molecule has 0 radical (unpaired) electrons. The SMILES string of the molecule is Cn1cnc(OCc2occc2CNC2CC2)n1. The van der Waals surface area contributed by atoms with Crippen LogP contribution < -0.4 is 10.1 Å². The molecule has 2 heterocycles. The predicted octanol–water partition coefficient (Wildman–Crippen LogP) is 1.24. The summed E-state index contributed by atoms with van der Waals surface area (Å²) in [7, 11) is 1.80. The lowest BCUT2D eigenvalue weighted by molar-refractivity contribution is 0.247. The van der Waals surface area contributed by atoms with Gasteiger partial charge in [0.25, 0.3) is 0 Å². The Kier molecular flexibility index (Phi) is 3.02. The minimum Gasteiger partial charge on any atom is -0.465 e. The Morgan fingerprint density at radius 2 is 2.44 bits per heavy atom. The molecule has 0 bridgehead atoms. The van der Waals surface area contributed by atoms with Crippen LogP contribution in [0.4, 0.5) is 0 Å². The summed E-state index contributed by atoms with van der Waals surface area (Å²) in [6, 6.07) is 3.03. The van der Waals surface area contributed by atoms with Gasteiger partial charge >= 0.3 is 6.01 Å². The predicted molar refractivity (Wildman–Crippen MR) is 63.9 cm³/mol. The van der Waals surface area contributed by atoms with Crippen molar-refractivity contribution < 1.29 is 9.15 Å². The standard InChI is InChI=1S/C12H16N4O2/c1-16-8-14-12(15-16)18-7-11-9(4-5-17-11)6-13-10-2-3-10/h4-5,8,10,13H,2-3,6-7H2,1H3. The van der Waals surface area contributed by atoms with Crippen molar-refractivity contribution in [3.63, 3.8) is 0 Å². The van der Waals surface area contributed by atoms with Crippen molar-refractivity contribution in [1.29, 1.82) is 0 Å². The van der Waals surface area contributed by atoms with E-state index in [0.29, 0.717) is 18.7 Å². The van der Waals surface area contributed by atoms with Gasteiger partial charge in [-0.15, -0.1) is 5.10 Å². The molecule has 3 rings (SSSR count). The van der Waals surface area contributed by atoms with E-state index in [9.17, 15) is 0 Å². The number of ether oxygens (including phenoxy) is 1. The van der Waals surface area contributed by atoms with Gasteiger partial charge in [-0.3, -0.25) is 4.68 Å². The maximum absolute atomic E-state index is 5.47. The van der Waals surface area contributed by atoms with Gasteiger partial charge in [-0.05, 0) is 18.9 Å². The van der Waals surface area contributed by atoms with Crippen molar-refractivity contribution in [2.45, 2.75) is 32.0 Å². The maximum atomic E-state index is 5.47. The van der Waals surface area contributed by atoms with Crippen LogP contribution in [0.25, 0.3) is 0 Å². The normalized spacial score (nSPS) is 14.9. The van der Waals surface area contributed by atoms with Crippen LogP contribution in [0.1, 0.15) is 24.2 Å². The summed E-state index contributed by atoms with van der Waals surface area (Å²) in [5, 5.41) is 7.50. The molecule has 18 heavy (non-hydrogen) atoms. The fraction of sp³-hybridized carbons (Fsp3) is 0.500. The molecule has 0 spiro atoms. The molecule has 1 aliphatic rings. The molecule has 0 saturated heterocycles. The van der Waals surface area contributed by atoms with Gasteiger partial charge in [0.05, 0.1) is 6.26 Å². The molecule has 1 N–H and O–H groups in total. The van der Waals surface area contributed by atoms with Gasteiger partial charge in [-0.2, -0.15) is 4.98 Å². The van der Waals surface area contributed by atoms with Gasteiger partial charge in [-0.25, -0.2) is 0 Å². The molecule has 6 heteroatoms. The van der Waals surface area contributed by atoms with Gasteiger partial charge in [0.15, 0.2) is 0 Å². The number of hydrogen-bond donors (Lipinski definition) is 1. The lowest BCUT2D eigenvalue weighted by Crippen LogP contribution is -2.16. The summed E-state index contributed by atoms with van der Waals surface area (Å²) in [4.78, 5) is 4.00. The van der Waals surface area contributed by atoms with E-state index in [-0.39, 0.29) is 0 Å². The van der Waals surface area contributed by atoms with Crippen LogP contribution in [0, 0.1) is 0 Å². The van der Waals surface area contributed by atoms with E-state index in [1.807, 2.05) is 6.07 Å². The van der Waals surface area contributed by atoms with E-state index >= 15 is 0 Å². The lowest BCUT2D eigenvalue weighted by Gasteiger charge is -2.04. The second-order valence-corrected chi connectivity index (χ2v) is 4.51. The second-order valence-electron chi connectivity index (χ2n) is 4.51. The van der Waals surface area contributed by atoms with E-state index in [0.717, 1.165) is 17.9 Å². The van der Waals surface area contributed by atoms with Crippen LogP contribution in [-0.2, 0) is 20.2 Å². The molecule has 1 fully saturated rings. The fourth-order valence-electron chi connectivity index (χ4n) is 1.71. The Morgan fingerprint density at radius 1 is 1.56 bits per heavy atom. The number of hydrogen-bond acceptors (Lipinski definition) is 5. The Morgan fingerprint density at radius 3 is 3.17 bits per heavy atom. The number of aromatic nitrogens is 3. The third kappa shape index (κ3) is 2.70. The molecule has 96 valence electrons. The molecule has 1 aliphatic carbocycles. The Bertz CT molecular complexity index is 516. The van der Waals surface area contributed by atoms with Crippen molar-refractivity contribution in [1.82, 2.24) is 20.1 Å². The minimum absolute atomic E-state index is 0.360.